The molecule has 0 saturated heterocycles. The van der Waals surface area contributed by atoms with Crippen molar-refractivity contribution in [2.75, 3.05) is 11.9 Å². The van der Waals surface area contributed by atoms with E-state index in [1.165, 1.54) is 0 Å². The lowest BCUT2D eigenvalue weighted by Gasteiger charge is -2.35. The van der Waals surface area contributed by atoms with Crippen molar-refractivity contribution in [2.24, 2.45) is 0 Å². The maximum absolute atomic E-state index is 14.7. The van der Waals surface area contributed by atoms with Gasteiger partial charge in [0.15, 0.2) is 0 Å². The smallest absolute Gasteiger partial charge is 0.335 e. The Morgan fingerprint density at radius 3 is 0.882 bits per heavy atom. The van der Waals surface area contributed by atoms with Gasteiger partial charge in [-0.25, -0.2) is 57.5 Å². The summed E-state index contributed by atoms with van der Waals surface area (Å²) in [7, 11) is 0. The van der Waals surface area contributed by atoms with Gasteiger partial charge in [-0.3, -0.25) is 19.2 Å². The normalized spacial score (nSPS) is 12.4. The molecule has 3 unspecified atom stereocenters. The first-order valence-electron chi connectivity index (χ1n) is 36.7. The molecule has 36 nitrogen and oxygen atoms in total. The summed E-state index contributed by atoms with van der Waals surface area (Å²) in [6, 6.07) is 25.5. The molecule has 0 saturated carbocycles. The molecule has 0 bridgehead atoms. The lowest BCUT2D eigenvalue weighted by molar-refractivity contribution is -0.142. The largest absolute Gasteiger partial charge is 0.480 e. The summed E-state index contributed by atoms with van der Waals surface area (Å²) in [6.45, 7) is 0.0116. The van der Waals surface area contributed by atoms with Crippen molar-refractivity contribution in [3.63, 3.8) is 0 Å². The number of carboxylic acids is 11. The Hall–Kier alpha value is -15.5. The summed E-state index contributed by atoms with van der Waals surface area (Å²) in [5.41, 5.74) is -3.69. The molecule has 10 rings (SSSR count). The van der Waals surface area contributed by atoms with Gasteiger partial charge in [0, 0.05) is 113 Å². The summed E-state index contributed by atoms with van der Waals surface area (Å²) in [4.78, 5) is 219. The number of aromatic carboxylic acids is 8. The summed E-state index contributed by atoms with van der Waals surface area (Å²) < 4.78 is 0. The SMILES string of the molecule is O=C(CCC(CCC(=O)NC(Cc1c(-c2cc(C(=O)O)cc(C(=O)O)c2)[nH]c2ccccc12)C(=O)O)(CCC(=O)NC(Cc1c(-c2cc(C(=O)O)cc(C(=O)O)c2)[nH]c2ccccc12)C(=O)O)NC(=O)CCCCCCNC(=O)Nc1cc(C(=O)O)cc(C(=O)O)c1)NC(Cc1c(-c2cc(C(=O)O)cc(C(=O)O)c2)[nH]c2ccccc12)C(=O)O. The Morgan fingerprint density at radius 2 is 0.597 bits per heavy atom. The molecule has 616 valence electrons. The third-order valence-electron chi connectivity index (χ3n) is 19.9. The summed E-state index contributed by atoms with van der Waals surface area (Å²) in [6.07, 6.45) is -5.08. The van der Waals surface area contributed by atoms with Crippen LogP contribution in [-0.2, 0) is 52.8 Å². The summed E-state index contributed by atoms with van der Waals surface area (Å²) >= 11 is 0. The number of hydrogen-bond acceptors (Lipinski definition) is 16. The lowest BCUT2D eigenvalue weighted by atomic mass is 9.82. The fraction of sp³-hybridized carbons (Fsp3) is 0.229. The van der Waals surface area contributed by atoms with Crippen LogP contribution < -0.4 is 31.9 Å². The number of carbonyl (C=O) groups excluding carboxylic acids is 5. The average molecular weight is 1630 g/mol. The number of para-hydroxylation sites is 3. The number of unbranched alkanes of at least 4 members (excludes halogenated alkanes) is 3. The quantitative estimate of drug-likeness (QED) is 0.0159. The zero-order chi connectivity index (χ0) is 86.3. The molecule has 0 fully saturated rings. The fourth-order valence-corrected chi connectivity index (χ4v) is 14.1. The third kappa shape index (κ3) is 21.7. The van der Waals surface area contributed by atoms with Crippen molar-refractivity contribution in [1.82, 2.24) is 41.5 Å². The maximum Gasteiger partial charge on any atom is 0.335 e. The Bertz CT molecular complexity index is 5190. The van der Waals surface area contributed by atoms with Crippen LogP contribution in [0.5, 0.6) is 0 Å². The number of aromatic amines is 3. The number of urea groups is 1. The monoisotopic (exact) mass is 1630 g/mol. The highest BCUT2D eigenvalue weighted by molar-refractivity contribution is 6.03. The highest BCUT2D eigenvalue weighted by atomic mass is 16.4. The third-order valence-corrected chi connectivity index (χ3v) is 19.9. The molecule has 20 N–H and O–H groups in total. The van der Waals surface area contributed by atoms with Gasteiger partial charge >= 0.3 is 71.7 Å². The molecule has 3 aromatic heterocycles. The van der Waals surface area contributed by atoms with Crippen LogP contribution in [0, 0.1) is 0 Å². The molecule has 36 heteroatoms. The van der Waals surface area contributed by atoms with Crippen LogP contribution in [0.15, 0.2) is 146 Å². The number of fused-ring (bicyclic) bond motifs is 3. The molecular formula is C83H77N9O27. The van der Waals surface area contributed by atoms with Gasteiger partial charge in [-0.1, -0.05) is 67.4 Å². The van der Waals surface area contributed by atoms with Crippen molar-refractivity contribution in [2.45, 2.75) is 114 Å². The van der Waals surface area contributed by atoms with Gasteiger partial charge in [0.05, 0.1) is 44.5 Å². The standard InChI is InChI=1S/C83H77N9O27/c93-64(86-61(79(113)114)37-55-52-11-4-7-14-58(52)89-68(55)40-25-43(71(97)98)31-44(26-40)72(99)100)18-21-83(92-67(96)17-3-1-2-10-24-84-82(119)85-51-35-49(77(109)110)34-50(36-51)78(111)112,22-19-65(94)87-62(80(115)116)38-56-53-12-5-8-15-59(53)90-69(56)41-27-45(73(101)102)32-46(28-41)74(103)104)23-20-66(95)88-63(81(117)118)39-57-54-13-6-9-16-60(54)91-70(57)42-29-47(75(105)106)33-48(30-42)76(107)108/h4-9,11-16,25-36,61-63,89-91H,1-3,10,17-24,37-39H2,(H,86,93)(H,87,94)(H,88,95)(H,92,96)(H,97,98)(H,99,100)(H,101,102)(H,103,104)(H,105,106)(H,107,108)(H,109,110)(H,111,112)(H,113,114)(H,115,116)(H,117,118)(H2,84,85,119). The number of rotatable bonds is 41. The van der Waals surface area contributed by atoms with E-state index >= 15 is 0 Å². The topological polar surface area (TPSA) is 615 Å². The van der Waals surface area contributed by atoms with E-state index in [-0.39, 0.29) is 88.4 Å². The maximum atomic E-state index is 14.7. The Labute approximate surface area is 671 Å². The number of carbonyl (C=O) groups is 16. The number of nitrogens with one attached hydrogen (secondary N) is 9. The Balaban J connectivity index is 0.971. The van der Waals surface area contributed by atoms with Crippen LogP contribution in [0.4, 0.5) is 10.5 Å². The van der Waals surface area contributed by atoms with Crippen molar-refractivity contribution < 1.29 is 133 Å². The van der Waals surface area contributed by atoms with Gasteiger partial charge in [0.2, 0.25) is 23.6 Å². The van der Waals surface area contributed by atoms with E-state index in [2.05, 4.69) is 46.9 Å². The second-order valence-electron chi connectivity index (χ2n) is 28.1. The van der Waals surface area contributed by atoms with Gasteiger partial charge in [0.1, 0.15) is 18.1 Å². The van der Waals surface area contributed by atoms with Crippen molar-refractivity contribution in [3.05, 3.63) is 207 Å². The first-order valence-corrected chi connectivity index (χ1v) is 36.7. The number of aromatic nitrogens is 3. The van der Waals surface area contributed by atoms with Gasteiger partial charge in [-0.05, 0) is 156 Å². The Kier molecular flexibility index (Phi) is 27.2. The number of benzene rings is 7. The Morgan fingerprint density at radius 1 is 0.319 bits per heavy atom. The number of aliphatic carboxylic acids is 3. The van der Waals surface area contributed by atoms with Crippen LogP contribution in [0.1, 0.15) is 170 Å². The number of hydrogen-bond donors (Lipinski definition) is 20. The van der Waals surface area contributed by atoms with Crippen molar-refractivity contribution in [1.29, 1.82) is 0 Å². The minimum atomic E-state index is -1.99. The molecule has 0 spiro atoms. The molecule has 0 aliphatic heterocycles. The number of anilines is 1. The molecule has 119 heavy (non-hydrogen) atoms. The highest BCUT2D eigenvalue weighted by Gasteiger charge is 2.37. The van der Waals surface area contributed by atoms with E-state index in [9.17, 15) is 133 Å². The summed E-state index contributed by atoms with van der Waals surface area (Å²) in [5, 5.41) is 128. The minimum Gasteiger partial charge on any atom is -0.480 e. The van der Waals surface area contributed by atoms with E-state index in [1.807, 2.05) is 0 Å². The molecule has 0 radical (unpaired) electrons. The fourth-order valence-electron chi connectivity index (χ4n) is 14.1. The molecule has 6 amide bonds. The van der Waals surface area contributed by atoms with E-state index in [0.29, 0.717) is 39.1 Å². The molecule has 7 aromatic carbocycles. The zero-order valence-electron chi connectivity index (χ0n) is 62.6. The van der Waals surface area contributed by atoms with E-state index in [0.717, 1.165) is 72.8 Å². The van der Waals surface area contributed by atoms with Crippen molar-refractivity contribution in [3.8, 4) is 33.8 Å². The first kappa shape index (κ1) is 85.9. The second-order valence-corrected chi connectivity index (χ2v) is 28.1. The van der Waals surface area contributed by atoms with Crippen LogP contribution in [0.25, 0.3) is 66.5 Å². The van der Waals surface area contributed by atoms with Gasteiger partial charge < -0.3 is 103 Å². The van der Waals surface area contributed by atoms with Gasteiger partial charge in [0.25, 0.3) is 0 Å². The number of H-pyrrole nitrogens is 3. The predicted molar refractivity (Wildman–Crippen MR) is 422 cm³/mol. The lowest BCUT2D eigenvalue weighted by Crippen LogP contribution is -2.52. The molecule has 3 heterocycles. The molecule has 0 aliphatic carbocycles. The molecule has 0 aliphatic rings. The van der Waals surface area contributed by atoms with Crippen LogP contribution >= 0.6 is 0 Å². The van der Waals surface area contributed by atoms with Gasteiger partial charge in [-0.2, -0.15) is 0 Å². The molecule has 3 atom stereocenters. The first-order chi connectivity index (χ1) is 56.5. The van der Waals surface area contributed by atoms with Crippen molar-refractivity contribution >= 4 is 134 Å². The molecular weight excluding hydrogens is 1550 g/mol. The van der Waals surface area contributed by atoms with E-state index < -0.39 is 221 Å². The average Bonchev–Trinajstić information content (AvgIpc) is 1.63. The van der Waals surface area contributed by atoms with Crippen LogP contribution in [-0.4, -0.2) is 197 Å². The number of carboxylic acid groups (broad SMARTS) is 11. The number of amides is 6. The van der Waals surface area contributed by atoms with Crippen LogP contribution in [0.3, 0.4) is 0 Å². The van der Waals surface area contributed by atoms with E-state index in [4.69, 9.17) is 0 Å². The van der Waals surface area contributed by atoms with E-state index in [1.54, 1.807) is 72.8 Å². The molecule has 10 aromatic rings. The minimum absolute atomic E-state index is 0.00646. The van der Waals surface area contributed by atoms with Crippen LogP contribution in [0.2, 0.25) is 0 Å². The second kappa shape index (κ2) is 37.6. The highest BCUT2D eigenvalue weighted by Crippen LogP contribution is 2.38. The predicted octanol–water partition coefficient (Wildman–Crippen LogP) is 9.42. The summed E-state index contributed by atoms with van der Waals surface area (Å²) in [5.74, 6) is -20.7. The van der Waals surface area contributed by atoms with Gasteiger partial charge in [-0.15, -0.1) is 0 Å². The zero-order valence-corrected chi connectivity index (χ0v) is 62.6.